The van der Waals surface area contributed by atoms with Gasteiger partial charge in [-0.2, -0.15) is 0 Å². The predicted octanol–water partition coefficient (Wildman–Crippen LogP) is 1.24. The molecule has 4 nitrogen and oxygen atoms in total. The highest BCUT2D eigenvalue weighted by Crippen LogP contribution is 2.10. The number of nitrogen functional groups attached to an aromatic ring is 1. The minimum atomic E-state index is -0.631. The number of nitrogens with two attached hydrogens (primary N) is 1. The number of anilines is 2. The van der Waals surface area contributed by atoms with Crippen molar-refractivity contribution in [3.63, 3.8) is 0 Å². The summed E-state index contributed by atoms with van der Waals surface area (Å²) in [6.45, 7) is 4.29. The van der Waals surface area contributed by atoms with Gasteiger partial charge in [0, 0.05) is 6.54 Å². The van der Waals surface area contributed by atoms with E-state index in [9.17, 15) is 5.11 Å². The summed E-state index contributed by atoms with van der Waals surface area (Å²) < 4.78 is 0. The van der Waals surface area contributed by atoms with Gasteiger partial charge >= 0.3 is 0 Å². The molecule has 0 bridgehead atoms. The number of nitrogens with one attached hydrogen (secondary N) is 1. The Morgan fingerprint density at radius 2 is 2.21 bits per heavy atom. The lowest BCUT2D eigenvalue weighted by atomic mass is 10.1. The van der Waals surface area contributed by atoms with Crippen LogP contribution in [0.3, 0.4) is 0 Å². The van der Waals surface area contributed by atoms with Crippen LogP contribution < -0.4 is 11.1 Å². The van der Waals surface area contributed by atoms with Crippen molar-refractivity contribution in [2.45, 2.75) is 25.9 Å². The molecule has 0 atom stereocenters. The van der Waals surface area contributed by atoms with E-state index in [1.54, 1.807) is 26.1 Å². The topological polar surface area (TPSA) is 71.2 Å². The maximum atomic E-state index is 9.46. The van der Waals surface area contributed by atoms with E-state index in [4.69, 9.17) is 5.73 Å². The molecule has 4 heteroatoms. The third-order valence-electron chi connectivity index (χ3n) is 1.85. The van der Waals surface area contributed by atoms with Gasteiger partial charge in [-0.1, -0.05) is 0 Å². The molecule has 4 N–H and O–H groups in total. The normalized spacial score (nSPS) is 11.4. The lowest BCUT2D eigenvalue weighted by molar-refractivity contribution is 0.0749. The SMILES string of the molecule is CC(C)(O)CCNc1ccc(N)nc1. The molecule has 0 saturated carbocycles. The smallest absolute Gasteiger partial charge is 0.123 e. The van der Waals surface area contributed by atoms with Crippen molar-refractivity contribution in [3.8, 4) is 0 Å². The Hall–Kier alpha value is -1.29. The van der Waals surface area contributed by atoms with E-state index in [2.05, 4.69) is 10.3 Å². The Labute approximate surface area is 84.2 Å². The highest BCUT2D eigenvalue weighted by Gasteiger charge is 2.10. The number of pyridine rings is 1. The second-order valence-electron chi connectivity index (χ2n) is 3.96. The summed E-state index contributed by atoms with van der Waals surface area (Å²) in [6.07, 6.45) is 2.37. The number of aromatic nitrogens is 1. The van der Waals surface area contributed by atoms with Gasteiger partial charge in [0.05, 0.1) is 17.5 Å². The van der Waals surface area contributed by atoms with E-state index in [1.807, 2.05) is 6.07 Å². The first kappa shape index (κ1) is 10.8. The lowest BCUT2D eigenvalue weighted by Gasteiger charge is -2.17. The fraction of sp³-hybridized carbons (Fsp3) is 0.500. The van der Waals surface area contributed by atoms with Gasteiger partial charge in [0.25, 0.3) is 0 Å². The number of hydrogen-bond donors (Lipinski definition) is 3. The lowest BCUT2D eigenvalue weighted by Crippen LogP contribution is -2.22. The second-order valence-corrected chi connectivity index (χ2v) is 3.96. The Balaban J connectivity index is 2.35. The molecule has 0 unspecified atom stereocenters. The molecule has 0 aliphatic rings. The molecule has 1 aromatic heterocycles. The van der Waals surface area contributed by atoms with Crippen LogP contribution in [0.2, 0.25) is 0 Å². The zero-order valence-electron chi connectivity index (χ0n) is 8.62. The van der Waals surface area contributed by atoms with Gasteiger partial charge in [-0.15, -0.1) is 0 Å². The van der Waals surface area contributed by atoms with E-state index >= 15 is 0 Å². The highest BCUT2D eigenvalue weighted by molar-refractivity contribution is 5.45. The van der Waals surface area contributed by atoms with Gasteiger partial charge in [0.1, 0.15) is 5.82 Å². The summed E-state index contributed by atoms with van der Waals surface area (Å²) in [5.74, 6) is 0.512. The Morgan fingerprint density at radius 1 is 1.50 bits per heavy atom. The summed E-state index contributed by atoms with van der Waals surface area (Å²) in [4.78, 5) is 3.95. The highest BCUT2D eigenvalue weighted by atomic mass is 16.3. The van der Waals surface area contributed by atoms with Crippen LogP contribution in [0.1, 0.15) is 20.3 Å². The average molecular weight is 195 g/mol. The average Bonchev–Trinajstić information content (AvgIpc) is 2.06. The van der Waals surface area contributed by atoms with Crippen molar-refractivity contribution in [3.05, 3.63) is 18.3 Å². The molecule has 0 fully saturated rings. The Morgan fingerprint density at radius 3 is 2.71 bits per heavy atom. The molecule has 78 valence electrons. The predicted molar refractivity (Wildman–Crippen MR) is 58.1 cm³/mol. The molecule has 1 aromatic rings. The van der Waals surface area contributed by atoms with Crippen molar-refractivity contribution < 1.29 is 5.11 Å². The van der Waals surface area contributed by atoms with E-state index < -0.39 is 5.60 Å². The van der Waals surface area contributed by atoms with Crippen molar-refractivity contribution in [2.24, 2.45) is 0 Å². The molecule has 0 saturated heterocycles. The first-order chi connectivity index (χ1) is 6.47. The molecule has 0 spiro atoms. The summed E-state index contributed by atoms with van der Waals surface area (Å²) in [6, 6.07) is 3.61. The van der Waals surface area contributed by atoms with Gasteiger partial charge in [-0.25, -0.2) is 4.98 Å². The zero-order valence-corrected chi connectivity index (χ0v) is 8.62. The standard InChI is InChI=1S/C10H17N3O/c1-10(2,14)5-6-12-8-3-4-9(11)13-7-8/h3-4,7,12,14H,5-6H2,1-2H3,(H2,11,13). The first-order valence-electron chi connectivity index (χ1n) is 4.65. The van der Waals surface area contributed by atoms with Gasteiger partial charge in [0.2, 0.25) is 0 Å². The molecule has 0 radical (unpaired) electrons. The number of rotatable bonds is 4. The fourth-order valence-corrected chi connectivity index (χ4v) is 1.02. The number of nitrogens with zero attached hydrogens (tertiary/aromatic N) is 1. The van der Waals surface area contributed by atoms with E-state index in [-0.39, 0.29) is 0 Å². The van der Waals surface area contributed by atoms with Gasteiger partial charge in [-0.05, 0) is 32.4 Å². The van der Waals surface area contributed by atoms with Crippen LogP contribution in [0.15, 0.2) is 18.3 Å². The number of aliphatic hydroxyl groups is 1. The van der Waals surface area contributed by atoms with Gasteiger partial charge < -0.3 is 16.2 Å². The summed E-state index contributed by atoms with van der Waals surface area (Å²) in [7, 11) is 0. The van der Waals surface area contributed by atoms with E-state index in [0.717, 1.165) is 12.2 Å². The molecule has 0 aliphatic heterocycles. The summed E-state index contributed by atoms with van der Waals surface area (Å²) >= 11 is 0. The second kappa shape index (κ2) is 4.28. The van der Waals surface area contributed by atoms with Crippen LogP contribution in [0.25, 0.3) is 0 Å². The molecule has 0 amide bonds. The zero-order chi connectivity index (χ0) is 10.6. The monoisotopic (exact) mass is 195 g/mol. The Kier molecular flexibility index (Phi) is 3.30. The van der Waals surface area contributed by atoms with Crippen LogP contribution in [0, 0.1) is 0 Å². The maximum absolute atomic E-state index is 9.46. The van der Waals surface area contributed by atoms with Crippen LogP contribution in [0.5, 0.6) is 0 Å². The fourth-order valence-electron chi connectivity index (χ4n) is 1.02. The van der Waals surface area contributed by atoms with Crippen LogP contribution in [-0.2, 0) is 0 Å². The Bertz CT molecular complexity index is 276. The van der Waals surface area contributed by atoms with Crippen molar-refractivity contribution >= 4 is 11.5 Å². The van der Waals surface area contributed by atoms with Crippen LogP contribution in [-0.4, -0.2) is 22.2 Å². The van der Waals surface area contributed by atoms with Gasteiger partial charge in [0.15, 0.2) is 0 Å². The molecule has 0 aromatic carbocycles. The summed E-state index contributed by atoms with van der Waals surface area (Å²) in [5, 5.41) is 12.6. The molecule has 1 rings (SSSR count). The largest absolute Gasteiger partial charge is 0.390 e. The van der Waals surface area contributed by atoms with Crippen molar-refractivity contribution in [1.82, 2.24) is 4.98 Å². The quantitative estimate of drug-likeness (QED) is 0.676. The minimum Gasteiger partial charge on any atom is -0.390 e. The maximum Gasteiger partial charge on any atom is 0.123 e. The first-order valence-corrected chi connectivity index (χ1v) is 4.65. The summed E-state index contributed by atoms with van der Waals surface area (Å²) in [5.41, 5.74) is 5.73. The molecular formula is C10H17N3O. The van der Waals surface area contributed by atoms with Crippen LogP contribution >= 0.6 is 0 Å². The minimum absolute atomic E-state index is 0.512. The molecule has 0 aliphatic carbocycles. The van der Waals surface area contributed by atoms with Gasteiger partial charge in [-0.3, -0.25) is 0 Å². The number of hydrogen-bond acceptors (Lipinski definition) is 4. The molecule has 14 heavy (non-hydrogen) atoms. The van der Waals surface area contributed by atoms with E-state index in [0.29, 0.717) is 12.2 Å². The third-order valence-corrected chi connectivity index (χ3v) is 1.85. The molecular weight excluding hydrogens is 178 g/mol. The van der Waals surface area contributed by atoms with E-state index in [1.165, 1.54) is 0 Å². The van der Waals surface area contributed by atoms with Crippen molar-refractivity contribution in [2.75, 3.05) is 17.6 Å². The van der Waals surface area contributed by atoms with Crippen molar-refractivity contribution in [1.29, 1.82) is 0 Å². The third kappa shape index (κ3) is 4.09. The molecule has 1 heterocycles. The van der Waals surface area contributed by atoms with Crippen LogP contribution in [0.4, 0.5) is 11.5 Å².